The van der Waals surface area contributed by atoms with Gasteiger partial charge in [-0.15, -0.1) is 0 Å². The summed E-state index contributed by atoms with van der Waals surface area (Å²) in [7, 11) is 3.47. The first-order chi connectivity index (χ1) is 11.3. The van der Waals surface area contributed by atoms with Crippen molar-refractivity contribution in [1.29, 1.82) is 0 Å². The number of aryl methyl sites for hydroxylation is 3. The summed E-state index contributed by atoms with van der Waals surface area (Å²) in [5, 5.41) is 4.90. The fraction of sp³-hybridized carbons (Fsp3) is 0.471. The van der Waals surface area contributed by atoms with Gasteiger partial charge in [-0.05, 0) is 38.8 Å². The van der Waals surface area contributed by atoms with Gasteiger partial charge in [0.25, 0.3) is 11.5 Å². The summed E-state index contributed by atoms with van der Waals surface area (Å²) in [5.74, 6) is -0.239. The molecule has 0 unspecified atom stereocenters. The highest BCUT2D eigenvalue weighted by atomic mass is 35.5. The Morgan fingerprint density at radius 2 is 2.00 bits per heavy atom. The summed E-state index contributed by atoms with van der Waals surface area (Å²) in [6.45, 7) is 4.35. The van der Waals surface area contributed by atoms with Crippen LogP contribution in [0.15, 0.2) is 16.9 Å². The molecule has 0 spiro atoms. The lowest BCUT2D eigenvalue weighted by Gasteiger charge is -2.25. The van der Waals surface area contributed by atoms with Crippen molar-refractivity contribution in [1.82, 2.24) is 19.2 Å². The molecule has 0 aromatic carbocycles. The number of hydrogen-bond donors (Lipinski definition) is 0. The number of carbonyl (C=O) groups is 1. The van der Waals surface area contributed by atoms with E-state index in [9.17, 15) is 9.59 Å². The van der Waals surface area contributed by atoms with Crippen LogP contribution < -0.4 is 5.56 Å². The molecule has 128 valence electrons. The van der Waals surface area contributed by atoms with E-state index in [4.69, 9.17) is 11.6 Å². The highest BCUT2D eigenvalue weighted by Crippen LogP contribution is 2.38. The first kappa shape index (κ1) is 16.8. The van der Waals surface area contributed by atoms with Crippen LogP contribution in [0.2, 0.25) is 5.15 Å². The minimum atomic E-state index is -0.264. The third-order valence-electron chi connectivity index (χ3n) is 4.83. The van der Waals surface area contributed by atoms with E-state index in [1.165, 1.54) is 4.57 Å². The highest BCUT2D eigenvalue weighted by Gasteiger charge is 2.35. The SMILES string of the molecule is Cc1nn(C)c(Cl)c1[C@@H]1CCCN1C(=O)c1ccc(C)n(C)c1=O. The number of rotatable bonds is 2. The topological polar surface area (TPSA) is 60.1 Å². The van der Waals surface area contributed by atoms with Gasteiger partial charge < -0.3 is 9.47 Å². The quantitative estimate of drug-likeness (QED) is 0.837. The van der Waals surface area contributed by atoms with Crippen molar-refractivity contribution in [2.24, 2.45) is 14.1 Å². The van der Waals surface area contributed by atoms with Gasteiger partial charge in [0.05, 0.1) is 11.7 Å². The zero-order valence-electron chi connectivity index (χ0n) is 14.3. The lowest BCUT2D eigenvalue weighted by atomic mass is 10.0. The summed E-state index contributed by atoms with van der Waals surface area (Å²) in [6.07, 6.45) is 1.71. The molecule has 1 aliphatic heterocycles. The first-order valence-corrected chi connectivity index (χ1v) is 8.37. The minimum absolute atomic E-state index is 0.135. The van der Waals surface area contributed by atoms with Gasteiger partial charge >= 0.3 is 0 Å². The zero-order chi connectivity index (χ0) is 17.6. The maximum absolute atomic E-state index is 13.0. The molecule has 2 aromatic rings. The van der Waals surface area contributed by atoms with Crippen molar-refractivity contribution < 1.29 is 4.79 Å². The Kier molecular flexibility index (Phi) is 4.25. The third-order valence-corrected chi connectivity index (χ3v) is 5.28. The molecule has 1 aliphatic rings. The molecule has 1 saturated heterocycles. The van der Waals surface area contributed by atoms with Crippen LogP contribution in [-0.4, -0.2) is 31.7 Å². The predicted molar refractivity (Wildman–Crippen MR) is 92.4 cm³/mol. The zero-order valence-corrected chi connectivity index (χ0v) is 15.1. The number of pyridine rings is 1. The van der Waals surface area contributed by atoms with Gasteiger partial charge in [-0.25, -0.2) is 0 Å². The molecule has 0 aliphatic carbocycles. The monoisotopic (exact) mass is 348 g/mol. The number of likely N-dealkylation sites (tertiary alicyclic amines) is 1. The lowest BCUT2D eigenvalue weighted by Crippen LogP contribution is -2.36. The molecule has 24 heavy (non-hydrogen) atoms. The number of nitrogens with zero attached hydrogens (tertiary/aromatic N) is 4. The largest absolute Gasteiger partial charge is 0.331 e. The van der Waals surface area contributed by atoms with Crippen LogP contribution >= 0.6 is 11.6 Å². The number of hydrogen-bond acceptors (Lipinski definition) is 3. The van der Waals surface area contributed by atoms with Crippen LogP contribution in [0.25, 0.3) is 0 Å². The fourth-order valence-corrected chi connectivity index (χ4v) is 3.68. The van der Waals surface area contributed by atoms with Crippen LogP contribution in [0.1, 0.15) is 46.2 Å². The molecule has 0 radical (unpaired) electrons. The molecule has 1 fully saturated rings. The standard InChI is InChI=1S/C17H21ClN4O2/c1-10-7-8-12(16(23)20(10)3)17(24)22-9-5-6-13(22)14-11(2)19-21(4)15(14)18/h7-8,13H,5-6,9H2,1-4H3/t13-/m0/s1. The van der Waals surface area contributed by atoms with Crippen molar-refractivity contribution in [2.75, 3.05) is 6.54 Å². The summed E-state index contributed by atoms with van der Waals surface area (Å²) < 4.78 is 3.12. The molecule has 7 heteroatoms. The van der Waals surface area contributed by atoms with E-state index in [0.29, 0.717) is 11.7 Å². The Balaban J connectivity index is 2.01. The van der Waals surface area contributed by atoms with Crippen LogP contribution in [0.5, 0.6) is 0 Å². The molecule has 1 atom stereocenters. The van der Waals surface area contributed by atoms with Gasteiger partial charge in [0, 0.05) is 31.9 Å². The van der Waals surface area contributed by atoms with Gasteiger partial charge in [0.2, 0.25) is 0 Å². The molecular formula is C17H21ClN4O2. The second kappa shape index (κ2) is 6.09. The van der Waals surface area contributed by atoms with Gasteiger partial charge in [-0.1, -0.05) is 11.6 Å². The van der Waals surface area contributed by atoms with Crippen molar-refractivity contribution in [2.45, 2.75) is 32.7 Å². The van der Waals surface area contributed by atoms with E-state index in [-0.39, 0.29) is 23.1 Å². The number of aromatic nitrogens is 3. The van der Waals surface area contributed by atoms with Crippen molar-refractivity contribution in [3.05, 3.63) is 50.2 Å². The fourth-order valence-electron chi connectivity index (χ4n) is 3.38. The van der Waals surface area contributed by atoms with Gasteiger partial charge in [-0.2, -0.15) is 5.10 Å². The van der Waals surface area contributed by atoms with Crippen molar-refractivity contribution in [3.8, 4) is 0 Å². The van der Waals surface area contributed by atoms with E-state index in [0.717, 1.165) is 29.8 Å². The second-order valence-electron chi connectivity index (χ2n) is 6.32. The average molecular weight is 349 g/mol. The van der Waals surface area contributed by atoms with E-state index in [2.05, 4.69) is 5.10 Å². The lowest BCUT2D eigenvalue weighted by molar-refractivity contribution is 0.0733. The van der Waals surface area contributed by atoms with E-state index in [1.807, 2.05) is 13.8 Å². The minimum Gasteiger partial charge on any atom is -0.331 e. The molecule has 6 nitrogen and oxygen atoms in total. The summed E-state index contributed by atoms with van der Waals surface area (Å²) in [6, 6.07) is 3.28. The van der Waals surface area contributed by atoms with E-state index >= 15 is 0 Å². The Morgan fingerprint density at radius 3 is 2.62 bits per heavy atom. The Labute approximate surface area is 145 Å². The molecule has 2 aromatic heterocycles. The molecule has 0 saturated carbocycles. The maximum Gasteiger partial charge on any atom is 0.263 e. The summed E-state index contributed by atoms with van der Waals surface area (Å²) in [4.78, 5) is 27.2. The Morgan fingerprint density at radius 1 is 1.29 bits per heavy atom. The summed E-state index contributed by atoms with van der Waals surface area (Å²) >= 11 is 6.38. The van der Waals surface area contributed by atoms with E-state index < -0.39 is 0 Å². The molecule has 1 amide bonds. The number of halogens is 1. The number of carbonyl (C=O) groups excluding carboxylic acids is 1. The van der Waals surface area contributed by atoms with Crippen LogP contribution in [0.3, 0.4) is 0 Å². The molecule has 0 N–H and O–H groups in total. The van der Waals surface area contributed by atoms with Gasteiger partial charge in [0.1, 0.15) is 10.7 Å². The van der Waals surface area contributed by atoms with Crippen LogP contribution in [0, 0.1) is 13.8 Å². The predicted octanol–water partition coefficient (Wildman–Crippen LogP) is 2.37. The molecule has 0 bridgehead atoms. The molecule has 3 rings (SSSR count). The molecule has 3 heterocycles. The van der Waals surface area contributed by atoms with Crippen molar-refractivity contribution >= 4 is 17.5 Å². The van der Waals surface area contributed by atoms with Gasteiger partial charge in [0.15, 0.2) is 0 Å². The van der Waals surface area contributed by atoms with Crippen LogP contribution in [-0.2, 0) is 14.1 Å². The smallest absolute Gasteiger partial charge is 0.263 e. The highest BCUT2D eigenvalue weighted by molar-refractivity contribution is 6.30. The Hall–Kier alpha value is -2.08. The normalized spacial score (nSPS) is 17.5. The number of amides is 1. The van der Waals surface area contributed by atoms with E-state index in [1.54, 1.807) is 35.8 Å². The maximum atomic E-state index is 13.0. The molecular weight excluding hydrogens is 328 g/mol. The summed E-state index contributed by atoms with van der Waals surface area (Å²) in [5.41, 5.74) is 2.46. The van der Waals surface area contributed by atoms with Gasteiger partial charge in [-0.3, -0.25) is 14.3 Å². The average Bonchev–Trinajstić information content (AvgIpc) is 3.10. The van der Waals surface area contributed by atoms with Crippen molar-refractivity contribution in [3.63, 3.8) is 0 Å². The first-order valence-electron chi connectivity index (χ1n) is 7.99. The second-order valence-corrected chi connectivity index (χ2v) is 6.68. The van der Waals surface area contributed by atoms with Crippen LogP contribution in [0.4, 0.5) is 0 Å². The Bertz CT molecular complexity index is 868. The third kappa shape index (κ3) is 2.55.